The first-order chi connectivity index (χ1) is 14.8. The van der Waals surface area contributed by atoms with Crippen molar-refractivity contribution in [2.45, 2.75) is 19.1 Å². The Morgan fingerprint density at radius 3 is 2.35 bits per heavy atom. The Bertz CT molecular complexity index is 1160. The fraction of sp³-hybridized carbons (Fsp3) is 0.333. The summed E-state index contributed by atoms with van der Waals surface area (Å²) in [5.41, 5.74) is -2.65. The lowest BCUT2D eigenvalue weighted by molar-refractivity contribution is -0.143. The average molecular weight is 431 g/mol. The lowest BCUT2D eigenvalue weighted by Crippen LogP contribution is -2.51. The number of fused-ring (bicyclic) bond motifs is 1. The van der Waals surface area contributed by atoms with Crippen molar-refractivity contribution in [3.8, 4) is 0 Å². The number of benzene rings is 1. The topological polar surface area (TPSA) is 71.3 Å². The highest BCUT2D eigenvalue weighted by Crippen LogP contribution is 2.27. The van der Waals surface area contributed by atoms with Gasteiger partial charge in [-0.2, -0.15) is 13.2 Å². The van der Waals surface area contributed by atoms with E-state index in [-0.39, 0.29) is 11.0 Å². The molecule has 0 aliphatic carbocycles. The van der Waals surface area contributed by atoms with Gasteiger partial charge in [0.15, 0.2) is 0 Å². The Morgan fingerprint density at radius 1 is 1.03 bits per heavy atom. The highest BCUT2D eigenvalue weighted by Gasteiger charge is 2.39. The van der Waals surface area contributed by atoms with Crippen molar-refractivity contribution in [1.82, 2.24) is 19.4 Å². The van der Waals surface area contributed by atoms with Crippen LogP contribution in [0.5, 0.6) is 0 Å². The molecule has 7 nitrogen and oxygen atoms in total. The van der Waals surface area contributed by atoms with Gasteiger partial charge in [0, 0.05) is 32.4 Å². The molecule has 0 spiro atoms. The van der Waals surface area contributed by atoms with Crippen LogP contribution in [-0.4, -0.2) is 51.5 Å². The first-order valence-electron chi connectivity index (χ1n) is 9.80. The SMILES string of the molecule is C[C@H](C(=O)N1CCN(c2ccccn2)CC1)n1c(=O)c(C(F)(F)F)nc2ccccc21. The zero-order chi connectivity index (χ0) is 22.2. The first-order valence-corrected chi connectivity index (χ1v) is 9.80. The molecule has 1 aromatic carbocycles. The van der Waals surface area contributed by atoms with Crippen LogP contribution in [0.1, 0.15) is 18.7 Å². The second-order valence-corrected chi connectivity index (χ2v) is 7.30. The van der Waals surface area contributed by atoms with E-state index in [1.807, 2.05) is 23.1 Å². The first kappa shape index (κ1) is 20.8. The highest BCUT2D eigenvalue weighted by atomic mass is 19.4. The maximum absolute atomic E-state index is 13.4. The number of anilines is 1. The fourth-order valence-corrected chi connectivity index (χ4v) is 3.79. The predicted octanol–water partition coefficient (Wildman–Crippen LogP) is 2.72. The van der Waals surface area contributed by atoms with E-state index in [9.17, 15) is 22.8 Å². The van der Waals surface area contributed by atoms with Gasteiger partial charge in [0.1, 0.15) is 11.9 Å². The van der Waals surface area contributed by atoms with Crippen LogP contribution in [-0.2, 0) is 11.0 Å². The van der Waals surface area contributed by atoms with Crippen molar-refractivity contribution >= 4 is 22.8 Å². The zero-order valence-corrected chi connectivity index (χ0v) is 16.7. The number of para-hydroxylation sites is 2. The van der Waals surface area contributed by atoms with E-state index < -0.39 is 29.4 Å². The van der Waals surface area contributed by atoms with Crippen LogP contribution >= 0.6 is 0 Å². The zero-order valence-electron chi connectivity index (χ0n) is 16.7. The molecule has 1 aliphatic heterocycles. The fourth-order valence-electron chi connectivity index (χ4n) is 3.79. The maximum atomic E-state index is 13.4. The second-order valence-electron chi connectivity index (χ2n) is 7.30. The molecule has 1 amide bonds. The van der Waals surface area contributed by atoms with Gasteiger partial charge in [-0.15, -0.1) is 0 Å². The third-order valence-electron chi connectivity index (χ3n) is 5.37. The molecule has 0 saturated carbocycles. The van der Waals surface area contributed by atoms with Crippen molar-refractivity contribution < 1.29 is 18.0 Å². The number of carbonyl (C=O) groups is 1. The maximum Gasteiger partial charge on any atom is 0.438 e. The second kappa shape index (κ2) is 8.01. The Morgan fingerprint density at radius 2 is 1.71 bits per heavy atom. The van der Waals surface area contributed by atoms with E-state index in [1.165, 1.54) is 25.1 Å². The predicted molar refractivity (Wildman–Crippen MR) is 109 cm³/mol. The number of nitrogens with zero attached hydrogens (tertiary/aromatic N) is 5. The minimum Gasteiger partial charge on any atom is -0.353 e. The van der Waals surface area contributed by atoms with Gasteiger partial charge in [-0.25, -0.2) is 9.97 Å². The molecule has 4 rings (SSSR count). The van der Waals surface area contributed by atoms with E-state index in [1.54, 1.807) is 17.2 Å². The minimum absolute atomic E-state index is 0.00838. The minimum atomic E-state index is -4.92. The summed E-state index contributed by atoms with van der Waals surface area (Å²) in [5.74, 6) is 0.390. The number of halogens is 3. The Kier molecular flexibility index (Phi) is 5.38. The third kappa shape index (κ3) is 3.97. The quantitative estimate of drug-likeness (QED) is 0.638. The van der Waals surface area contributed by atoms with Gasteiger partial charge >= 0.3 is 6.18 Å². The molecule has 31 heavy (non-hydrogen) atoms. The molecule has 1 atom stereocenters. The third-order valence-corrected chi connectivity index (χ3v) is 5.37. The van der Waals surface area contributed by atoms with Gasteiger partial charge in [0.05, 0.1) is 11.0 Å². The Hall–Kier alpha value is -3.43. The van der Waals surface area contributed by atoms with Crippen LogP contribution in [0.2, 0.25) is 0 Å². The van der Waals surface area contributed by atoms with E-state index in [0.29, 0.717) is 26.2 Å². The molecule has 10 heteroatoms. The molecular weight excluding hydrogens is 411 g/mol. The summed E-state index contributed by atoms with van der Waals surface area (Å²) in [7, 11) is 0. The molecule has 0 bridgehead atoms. The van der Waals surface area contributed by atoms with Gasteiger partial charge in [0.25, 0.3) is 5.56 Å². The molecular formula is C21H20F3N5O2. The molecule has 0 radical (unpaired) electrons. The van der Waals surface area contributed by atoms with Gasteiger partial charge in [-0.1, -0.05) is 18.2 Å². The van der Waals surface area contributed by atoms with Crippen LogP contribution in [0.3, 0.4) is 0 Å². The molecule has 162 valence electrons. The molecule has 3 aromatic rings. The number of hydrogen-bond donors (Lipinski definition) is 0. The summed E-state index contributed by atoms with van der Waals surface area (Å²) < 4.78 is 41.1. The summed E-state index contributed by atoms with van der Waals surface area (Å²) in [5, 5.41) is 0. The number of aromatic nitrogens is 3. The molecule has 1 saturated heterocycles. The van der Waals surface area contributed by atoms with E-state index in [4.69, 9.17) is 0 Å². The van der Waals surface area contributed by atoms with Crippen LogP contribution in [0.25, 0.3) is 11.0 Å². The summed E-state index contributed by atoms with van der Waals surface area (Å²) >= 11 is 0. The summed E-state index contributed by atoms with van der Waals surface area (Å²) in [6, 6.07) is 10.5. The van der Waals surface area contributed by atoms with Crippen molar-refractivity contribution in [2.24, 2.45) is 0 Å². The number of hydrogen-bond acceptors (Lipinski definition) is 5. The molecule has 2 aromatic heterocycles. The lowest BCUT2D eigenvalue weighted by Gasteiger charge is -2.36. The van der Waals surface area contributed by atoms with Gasteiger partial charge < -0.3 is 9.80 Å². The Balaban J connectivity index is 1.62. The van der Waals surface area contributed by atoms with Crippen molar-refractivity contribution in [1.29, 1.82) is 0 Å². The normalized spacial score (nSPS) is 15.9. The molecule has 1 fully saturated rings. The van der Waals surface area contributed by atoms with Crippen LogP contribution < -0.4 is 10.5 Å². The largest absolute Gasteiger partial charge is 0.438 e. The number of piperazine rings is 1. The van der Waals surface area contributed by atoms with Crippen LogP contribution in [0.4, 0.5) is 19.0 Å². The summed E-state index contributed by atoms with van der Waals surface area (Å²) in [4.78, 5) is 37.2. The van der Waals surface area contributed by atoms with Gasteiger partial charge in [-0.05, 0) is 31.2 Å². The van der Waals surface area contributed by atoms with E-state index in [2.05, 4.69) is 9.97 Å². The van der Waals surface area contributed by atoms with Crippen LogP contribution in [0, 0.1) is 0 Å². The van der Waals surface area contributed by atoms with Crippen molar-refractivity contribution in [2.75, 3.05) is 31.1 Å². The number of rotatable bonds is 3. The molecule has 0 N–H and O–H groups in total. The molecule has 3 heterocycles. The standard InChI is InChI=1S/C21H20F3N5O2/c1-14(19(30)28-12-10-27(11-13-28)17-8-4-5-9-25-17)29-16-7-3-2-6-15(16)26-18(20(29)31)21(22,23)24/h2-9,14H,10-13H2,1H3/t14-/m1/s1. The smallest absolute Gasteiger partial charge is 0.353 e. The van der Waals surface area contributed by atoms with Crippen molar-refractivity contribution in [3.63, 3.8) is 0 Å². The van der Waals surface area contributed by atoms with E-state index in [0.717, 1.165) is 10.4 Å². The lowest BCUT2D eigenvalue weighted by atomic mass is 10.2. The number of amides is 1. The Labute approximate surface area is 175 Å². The van der Waals surface area contributed by atoms with Crippen molar-refractivity contribution in [3.05, 3.63) is 64.7 Å². The number of pyridine rings is 1. The highest BCUT2D eigenvalue weighted by molar-refractivity contribution is 5.83. The summed E-state index contributed by atoms with van der Waals surface area (Å²) in [6.07, 6.45) is -3.23. The molecule has 1 aliphatic rings. The number of alkyl halides is 3. The van der Waals surface area contributed by atoms with Gasteiger partial charge in [0.2, 0.25) is 11.6 Å². The van der Waals surface area contributed by atoms with Crippen LogP contribution in [0.15, 0.2) is 53.5 Å². The average Bonchev–Trinajstić information content (AvgIpc) is 2.78. The molecule has 0 unspecified atom stereocenters. The number of carbonyl (C=O) groups excluding carboxylic acids is 1. The monoisotopic (exact) mass is 431 g/mol. The summed E-state index contributed by atoms with van der Waals surface area (Å²) in [6.45, 7) is 3.28. The van der Waals surface area contributed by atoms with Gasteiger partial charge in [-0.3, -0.25) is 14.2 Å². The van der Waals surface area contributed by atoms with E-state index >= 15 is 0 Å².